The van der Waals surface area contributed by atoms with Crippen molar-refractivity contribution in [1.29, 1.82) is 5.26 Å². The van der Waals surface area contributed by atoms with Crippen LogP contribution in [0.4, 0.5) is 0 Å². The van der Waals surface area contributed by atoms with E-state index in [1.807, 2.05) is 37.3 Å². The first-order valence-electron chi connectivity index (χ1n) is 8.88. The molecule has 0 aromatic heterocycles. The highest BCUT2D eigenvalue weighted by Crippen LogP contribution is 2.18. The Morgan fingerprint density at radius 2 is 1.73 bits per heavy atom. The van der Waals surface area contributed by atoms with Gasteiger partial charge < -0.3 is 5.73 Å². The third-order valence-electron chi connectivity index (χ3n) is 4.35. The van der Waals surface area contributed by atoms with E-state index in [2.05, 4.69) is 56.1 Å². The largest absolute Gasteiger partial charge is 0.384 e. The molecule has 0 aliphatic heterocycles. The van der Waals surface area contributed by atoms with Gasteiger partial charge in [-0.25, -0.2) is 0 Å². The molecule has 0 saturated heterocycles. The highest BCUT2D eigenvalue weighted by atomic mass is 14.8. The number of hydrogen-bond acceptors (Lipinski definition) is 2. The lowest BCUT2D eigenvalue weighted by molar-refractivity contribution is 0.733. The van der Waals surface area contributed by atoms with Crippen LogP contribution in [-0.2, 0) is 0 Å². The first-order valence-corrected chi connectivity index (χ1v) is 8.88. The van der Waals surface area contributed by atoms with Crippen molar-refractivity contribution in [3.8, 4) is 6.07 Å². The van der Waals surface area contributed by atoms with Gasteiger partial charge in [0.25, 0.3) is 0 Å². The lowest BCUT2D eigenvalue weighted by Crippen LogP contribution is -2.07. The zero-order valence-electron chi connectivity index (χ0n) is 16.5. The van der Waals surface area contributed by atoms with Crippen molar-refractivity contribution >= 4 is 11.4 Å². The Morgan fingerprint density at radius 3 is 2.19 bits per heavy atom. The summed E-state index contributed by atoms with van der Waals surface area (Å²) in [7, 11) is 1.69. The summed E-state index contributed by atoms with van der Waals surface area (Å²) in [4.78, 5) is 3.89. The summed E-state index contributed by atoms with van der Waals surface area (Å²) in [6, 6.07) is 18.3. The minimum Gasteiger partial charge on any atom is -0.384 e. The third-order valence-corrected chi connectivity index (χ3v) is 4.35. The van der Waals surface area contributed by atoms with Gasteiger partial charge in [-0.05, 0) is 61.1 Å². The molecule has 0 radical (unpaired) electrons. The van der Waals surface area contributed by atoms with Gasteiger partial charge in [-0.1, -0.05) is 55.8 Å². The highest BCUT2D eigenvalue weighted by molar-refractivity contribution is 5.97. The molecule has 0 aliphatic rings. The van der Waals surface area contributed by atoms with Gasteiger partial charge in [0.1, 0.15) is 5.84 Å². The maximum absolute atomic E-state index is 8.57. The van der Waals surface area contributed by atoms with Gasteiger partial charge in [0.15, 0.2) is 0 Å². The molecule has 2 aromatic rings. The second-order valence-corrected chi connectivity index (χ2v) is 6.38. The number of allylic oxidation sites excluding steroid dienone is 1. The Bertz CT molecular complexity index is 776. The molecule has 26 heavy (non-hydrogen) atoms. The van der Waals surface area contributed by atoms with Gasteiger partial charge >= 0.3 is 0 Å². The first-order chi connectivity index (χ1) is 12.4. The molecule has 0 heterocycles. The van der Waals surface area contributed by atoms with Crippen LogP contribution < -0.4 is 5.73 Å². The fourth-order valence-corrected chi connectivity index (χ4v) is 2.31. The number of aliphatic imine (C=N–C) groups is 1. The number of nitriles is 1. The van der Waals surface area contributed by atoms with Crippen molar-refractivity contribution in [2.24, 2.45) is 10.7 Å². The van der Waals surface area contributed by atoms with Crippen LogP contribution in [0.1, 0.15) is 55.4 Å². The Morgan fingerprint density at radius 1 is 1.15 bits per heavy atom. The average molecular weight is 348 g/mol. The van der Waals surface area contributed by atoms with Crippen molar-refractivity contribution in [2.45, 2.75) is 40.0 Å². The molecule has 1 unspecified atom stereocenters. The fraction of sp³-hybridized carbons (Fsp3) is 0.304. The smallest absolute Gasteiger partial charge is 0.118 e. The van der Waals surface area contributed by atoms with Gasteiger partial charge in [0.2, 0.25) is 0 Å². The van der Waals surface area contributed by atoms with Gasteiger partial charge in [0.05, 0.1) is 11.6 Å². The van der Waals surface area contributed by atoms with E-state index < -0.39 is 0 Å². The van der Waals surface area contributed by atoms with Gasteiger partial charge in [-0.15, -0.1) is 0 Å². The normalized spacial score (nSPS) is 12.6. The summed E-state index contributed by atoms with van der Waals surface area (Å²) < 4.78 is 0. The summed E-state index contributed by atoms with van der Waals surface area (Å²) in [5, 5.41) is 8.57. The number of nitrogens with zero attached hydrogens (tertiary/aromatic N) is 2. The number of aryl methyl sites for hydroxylation is 1. The molecular weight excluding hydrogens is 318 g/mol. The molecule has 3 heteroatoms. The summed E-state index contributed by atoms with van der Waals surface area (Å²) in [6.07, 6.45) is 3.02. The Hall–Kier alpha value is -2.86. The fourth-order valence-electron chi connectivity index (χ4n) is 2.31. The standard InChI is InChI=1S/C12H16N2.C11H13N/c1-9-4-6-11(7-5-9)10(2)8-12(13)14-3;1-3-9(2)11-6-4-10(8-12)5-7-11/h4-8H,1-3H3,(H2,13,14);4-7,9H,3H2,1-2H3/b10-8+;. The number of benzene rings is 2. The van der Waals surface area contributed by atoms with Crippen molar-refractivity contribution in [3.63, 3.8) is 0 Å². The van der Waals surface area contributed by atoms with E-state index in [1.54, 1.807) is 7.05 Å². The number of hydrogen-bond donors (Lipinski definition) is 1. The quantitative estimate of drug-likeness (QED) is 0.590. The van der Waals surface area contributed by atoms with E-state index in [1.165, 1.54) is 16.7 Å². The van der Waals surface area contributed by atoms with Gasteiger partial charge in [-0.2, -0.15) is 5.26 Å². The van der Waals surface area contributed by atoms with E-state index in [4.69, 9.17) is 11.0 Å². The monoisotopic (exact) mass is 347 g/mol. The summed E-state index contributed by atoms with van der Waals surface area (Å²) in [5.41, 5.74) is 11.2. The second kappa shape index (κ2) is 10.9. The predicted molar refractivity (Wildman–Crippen MR) is 112 cm³/mol. The zero-order chi connectivity index (χ0) is 19.5. The van der Waals surface area contributed by atoms with Gasteiger partial charge in [0, 0.05) is 7.05 Å². The van der Waals surface area contributed by atoms with Crippen LogP contribution in [0.15, 0.2) is 59.6 Å². The predicted octanol–water partition coefficient (Wildman–Crippen LogP) is 5.46. The molecule has 2 N–H and O–H groups in total. The van der Waals surface area contributed by atoms with E-state index in [9.17, 15) is 0 Å². The maximum atomic E-state index is 8.57. The van der Waals surface area contributed by atoms with E-state index in [-0.39, 0.29) is 0 Å². The SMILES string of the molecule is CCC(C)c1ccc(C#N)cc1.CN=C(N)/C=C(\C)c1ccc(C)cc1. The number of nitrogens with two attached hydrogens (primary N) is 1. The van der Waals surface area contributed by atoms with Crippen LogP contribution in [0.5, 0.6) is 0 Å². The Kier molecular flexibility index (Phi) is 8.87. The summed E-state index contributed by atoms with van der Waals surface area (Å²) in [6.45, 7) is 8.47. The molecule has 0 fully saturated rings. The second-order valence-electron chi connectivity index (χ2n) is 6.38. The molecule has 2 rings (SSSR count). The van der Waals surface area contributed by atoms with Crippen LogP contribution in [-0.4, -0.2) is 12.9 Å². The molecule has 0 amide bonds. The molecular formula is C23H29N3. The Labute approximate surface area is 157 Å². The minimum absolute atomic E-state index is 0.558. The third kappa shape index (κ3) is 6.94. The molecule has 0 saturated carbocycles. The number of amidine groups is 1. The zero-order valence-corrected chi connectivity index (χ0v) is 16.5. The first kappa shape index (κ1) is 21.2. The van der Waals surface area contributed by atoms with E-state index >= 15 is 0 Å². The van der Waals surface area contributed by atoms with Crippen LogP contribution in [0, 0.1) is 18.3 Å². The van der Waals surface area contributed by atoms with Crippen LogP contribution >= 0.6 is 0 Å². The highest BCUT2D eigenvalue weighted by Gasteiger charge is 2.01. The van der Waals surface area contributed by atoms with Crippen molar-refractivity contribution in [1.82, 2.24) is 0 Å². The Balaban J connectivity index is 0.000000263. The number of rotatable bonds is 4. The molecule has 3 nitrogen and oxygen atoms in total. The lowest BCUT2D eigenvalue weighted by atomic mass is 9.98. The molecule has 136 valence electrons. The van der Waals surface area contributed by atoms with Crippen molar-refractivity contribution in [3.05, 3.63) is 76.9 Å². The van der Waals surface area contributed by atoms with Crippen molar-refractivity contribution < 1.29 is 0 Å². The molecule has 0 bridgehead atoms. The van der Waals surface area contributed by atoms with Gasteiger partial charge in [-0.3, -0.25) is 4.99 Å². The van der Waals surface area contributed by atoms with Crippen molar-refractivity contribution in [2.75, 3.05) is 7.05 Å². The topological polar surface area (TPSA) is 62.2 Å². The van der Waals surface area contributed by atoms with E-state index in [0.29, 0.717) is 11.8 Å². The molecule has 0 spiro atoms. The van der Waals surface area contributed by atoms with E-state index in [0.717, 1.165) is 17.6 Å². The summed E-state index contributed by atoms with van der Waals surface area (Å²) >= 11 is 0. The lowest BCUT2D eigenvalue weighted by Gasteiger charge is -2.07. The van der Waals surface area contributed by atoms with Crippen LogP contribution in [0.25, 0.3) is 5.57 Å². The molecule has 1 atom stereocenters. The average Bonchev–Trinajstić information content (AvgIpc) is 2.68. The molecule has 0 aliphatic carbocycles. The summed E-state index contributed by atoms with van der Waals surface area (Å²) in [5.74, 6) is 1.15. The van der Waals surface area contributed by atoms with Crippen LogP contribution in [0.3, 0.4) is 0 Å². The maximum Gasteiger partial charge on any atom is 0.118 e. The molecule has 2 aromatic carbocycles. The van der Waals surface area contributed by atoms with Crippen LogP contribution in [0.2, 0.25) is 0 Å². The minimum atomic E-state index is 0.558.